The van der Waals surface area contributed by atoms with Crippen molar-refractivity contribution in [1.29, 1.82) is 0 Å². The third-order valence-electron chi connectivity index (χ3n) is 4.31. The van der Waals surface area contributed by atoms with Gasteiger partial charge in [0.25, 0.3) is 5.56 Å². The SMILES string of the molecule is CC1(Cl)C=CC(c2cc(=O)n(CC3=CC=C(Cl)CC3)c(=O)n2I)=CC1. The van der Waals surface area contributed by atoms with Crippen molar-refractivity contribution >= 4 is 51.6 Å². The number of aromatic nitrogens is 2. The first-order valence-corrected chi connectivity index (χ1v) is 9.65. The zero-order valence-corrected chi connectivity index (χ0v) is 17.3. The number of hydrogen-bond donors (Lipinski definition) is 0. The summed E-state index contributed by atoms with van der Waals surface area (Å²) in [6, 6.07) is 1.51. The van der Waals surface area contributed by atoms with E-state index in [4.69, 9.17) is 23.2 Å². The Bertz CT molecular complexity index is 949. The normalized spacial score (nSPS) is 23.1. The molecule has 0 saturated carbocycles. The monoisotopic (exact) mass is 490 g/mol. The van der Waals surface area contributed by atoms with Crippen LogP contribution < -0.4 is 11.2 Å². The van der Waals surface area contributed by atoms with E-state index >= 15 is 0 Å². The first-order chi connectivity index (χ1) is 11.8. The number of hydrogen-bond acceptors (Lipinski definition) is 2. The van der Waals surface area contributed by atoms with E-state index in [-0.39, 0.29) is 17.8 Å². The molecule has 0 radical (unpaired) electrons. The molecule has 0 fully saturated rings. The standard InChI is InChI=1S/C18H17Cl2IN2O2/c1-18(20)8-6-13(7-9-18)15-10-16(24)22(17(25)23(15)21)11-12-2-4-14(19)5-3-12/h2,4,6-8,10H,3,5,9,11H2,1H3. The van der Waals surface area contributed by atoms with Crippen molar-refractivity contribution in [3.8, 4) is 0 Å². The van der Waals surface area contributed by atoms with Gasteiger partial charge in [-0.3, -0.25) is 9.36 Å². The van der Waals surface area contributed by atoms with Gasteiger partial charge in [0.15, 0.2) is 0 Å². The fourth-order valence-corrected chi connectivity index (χ4v) is 3.76. The molecular formula is C18H17Cl2IN2O2. The van der Waals surface area contributed by atoms with Gasteiger partial charge in [-0.25, -0.2) is 7.58 Å². The highest BCUT2D eigenvalue weighted by Gasteiger charge is 2.21. The number of rotatable bonds is 3. The smallest absolute Gasteiger partial charge is 0.269 e. The molecule has 0 amide bonds. The van der Waals surface area contributed by atoms with Gasteiger partial charge in [-0.05, 0) is 43.4 Å². The molecule has 0 saturated heterocycles. The van der Waals surface area contributed by atoms with Gasteiger partial charge in [0, 0.05) is 11.1 Å². The summed E-state index contributed by atoms with van der Waals surface area (Å²) < 4.78 is 2.74. The summed E-state index contributed by atoms with van der Waals surface area (Å²) in [6.45, 7) is 2.21. The van der Waals surface area contributed by atoms with Crippen molar-refractivity contribution in [2.75, 3.05) is 0 Å². The number of nitrogens with zero attached hydrogens (tertiary/aromatic N) is 2. The Kier molecular flexibility index (Phi) is 5.46. The van der Waals surface area contributed by atoms with Crippen LogP contribution in [0.5, 0.6) is 0 Å². The molecule has 0 aliphatic heterocycles. The van der Waals surface area contributed by atoms with Crippen LogP contribution in [0.2, 0.25) is 0 Å². The maximum Gasteiger partial charge on any atom is 0.340 e. The van der Waals surface area contributed by atoms with E-state index in [0.717, 1.165) is 29.0 Å². The Morgan fingerprint density at radius 2 is 2.04 bits per heavy atom. The topological polar surface area (TPSA) is 44.0 Å². The van der Waals surface area contributed by atoms with E-state index in [1.54, 1.807) is 0 Å². The van der Waals surface area contributed by atoms with Crippen LogP contribution >= 0.6 is 46.1 Å². The fourth-order valence-electron chi connectivity index (χ4n) is 2.79. The van der Waals surface area contributed by atoms with Crippen LogP contribution in [0, 0.1) is 0 Å². The predicted molar refractivity (Wildman–Crippen MR) is 112 cm³/mol. The molecule has 1 aromatic heterocycles. The van der Waals surface area contributed by atoms with Crippen LogP contribution in [-0.4, -0.2) is 12.2 Å². The molecule has 2 aliphatic rings. The fraction of sp³-hybridized carbons (Fsp3) is 0.333. The van der Waals surface area contributed by atoms with Crippen LogP contribution in [0.3, 0.4) is 0 Å². The second-order valence-electron chi connectivity index (χ2n) is 6.43. The van der Waals surface area contributed by atoms with Crippen LogP contribution in [0.1, 0.15) is 31.9 Å². The van der Waals surface area contributed by atoms with Crippen molar-refractivity contribution in [2.45, 2.75) is 37.6 Å². The minimum Gasteiger partial charge on any atom is -0.269 e. The highest BCUT2D eigenvalue weighted by atomic mass is 127. The molecule has 1 heterocycles. The van der Waals surface area contributed by atoms with Gasteiger partial charge < -0.3 is 0 Å². The molecular weight excluding hydrogens is 474 g/mol. The summed E-state index contributed by atoms with van der Waals surface area (Å²) in [5.74, 6) is 0. The first-order valence-electron chi connectivity index (χ1n) is 7.93. The molecule has 2 aliphatic carbocycles. The average molecular weight is 491 g/mol. The van der Waals surface area contributed by atoms with Crippen molar-refractivity contribution < 1.29 is 0 Å². The minimum atomic E-state index is -0.420. The zero-order chi connectivity index (χ0) is 18.2. The van der Waals surface area contributed by atoms with Gasteiger partial charge in [-0.15, -0.1) is 11.6 Å². The summed E-state index contributed by atoms with van der Waals surface area (Å²) in [5, 5.41) is 0.792. The summed E-state index contributed by atoms with van der Waals surface area (Å²) in [7, 11) is 0. The summed E-state index contributed by atoms with van der Waals surface area (Å²) >= 11 is 14.2. The maximum absolute atomic E-state index is 12.7. The predicted octanol–water partition coefficient (Wildman–Crippen LogP) is 4.39. The van der Waals surface area contributed by atoms with Crippen LogP contribution in [0.25, 0.3) is 5.57 Å². The van der Waals surface area contributed by atoms with Gasteiger partial charge in [-0.2, -0.15) is 0 Å². The average Bonchev–Trinajstić information content (AvgIpc) is 2.57. The largest absolute Gasteiger partial charge is 0.340 e. The van der Waals surface area contributed by atoms with Crippen LogP contribution in [-0.2, 0) is 6.54 Å². The van der Waals surface area contributed by atoms with Gasteiger partial charge in [0.1, 0.15) is 0 Å². The van der Waals surface area contributed by atoms with Gasteiger partial charge in [0.2, 0.25) is 0 Å². The first kappa shape index (κ1) is 18.7. The van der Waals surface area contributed by atoms with Crippen LogP contribution in [0.15, 0.2) is 56.6 Å². The molecule has 3 rings (SSSR count). The van der Waals surface area contributed by atoms with Crippen molar-refractivity contribution in [1.82, 2.24) is 7.35 Å². The van der Waals surface area contributed by atoms with Crippen molar-refractivity contribution in [3.05, 3.63) is 73.6 Å². The molecule has 25 heavy (non-hydrogen) atoms. The Hall–Kier alpha value is -1.05. The molecule has 7 heteroatoms. The summed E-state index contributed by atoms with van der Waals surface area (Å²) in [4.78, 5) is 24.8. The van der Waals surface area contributed by atoms with E-state index in [9.17, 15) is 9.59 Å². The van der Waals surface area contributed by atoms with Crippen molar-refractivity contribution in [2.24, 2.45) is 0 Å². The van der Waals surface area contributed by atoms with E-state index < -0.39 is 4.87 Å². The Morgan fingerprint density at radius 3 is 2.64 bits per heavy atom. The third kappa shape index (κ3) is 4.20. The van der Waals surface area contributed by atoms with E-state index in [0.29, 0.717) is 12.1 Å². The minimum absolute atomic E-state index is 0.288. The Balaban J connectivity index is 1.96. The summed E-state index contributed by atoms with van der Waals surface area (Å²) in [6.07, 6.45) is 11.6. The molecule has 0 N–H and O–H groups in total. The van der Waals surface area contributed by atoms with E-state index in [2.05, 4.69) is 0 Å². The highest BCUT2D eigenvalue weighted by Crippen LogP contribution is 2.30. The lowest BCUT2D eigenvalue weighted by Crippen LogP contribution is -2.38. The lowest BCUT2D eigenvalue weighted by molar-refractivity contribution is 0.659. The third-order valence-corrected chi connectivity index (χ3v) is 5.84. The Labute approximate surface area is 169 Å². The van der Waals surface area contributed by atoms with Gasteiger partial charge in [-0.1, -0.05) is 35.9 Å². The molecule has 1 unspecified atom stereocenters. The number of allylic oxidation sites excluding steroid dienone is 8. The lowest BCUT2D eigenvalue weighted by atomic mass is 9.96. The second kappa shape index (κ2) is 7.29. The molecule has 0 aromatic carbocycles. The molecule has 0 spiro atoms. The lowest BCUT2D eigenvalue weighted by Gasteiger charge is -2.21. The number of halogens is 3. The zero-order valence-electron chi connectivity index (χ0n) is 13.6. The molecule has 132 valence electrons. The van der Waals surface area contributed by atoms with E-state index in [1.807, 2.05) is 60.2 Å². The molecule has 0 bridgehead atoms. The molecule has 4 nitrogen and oxygen atoms in total. The highest BCUT2D eigenvalue weighted by molar-refractivity contribution is 14.1. The number of alkyl halides is 1. The van der Waals surface area contributed by atoms with Gasteiger partial charge in [0.05, 0.1) is 40.0 Å². The second-order valence-corrected chi connectivity index (χ2v) is 8.74. The van der Waals surface area contributed by atoms with Gasteiger partial charge >= 0.3 is 5.69 Å². The Morgan fingerprint density at radius 1 is 1.28 bits per heavy atom. The van der Waals surface area contributed by atoms with E-state index in [1.165, 1.54) is 13.4 Å². The van der Waals surface area contributed by atoms with Crippen LogP contribution in [0.4, 0.5) is 0 Å². The molecule has 1 atom stereocenters. The quantitative estimate of drug-likeness (QED) is 0.465. The maximum atomic E-state index is 12.7. The van der Waals surface area contributed by atoms with Crippen molar-refractivity contribution in [3.63, 3.8) is 0 Å². The summed E-state index contributed by atoms with van der Waals surface area (Å²) in [5.41, 5.74) is 1.81. The molecule has 1 aromatic rings.